The van der Waals surface area contributed by atoms with E-state index in [1.165, 1.54) is 11.3 Å². The highest BCUT2D eigenvalue weighted by atomic mass is 15.1. The maximum atomic E-state index is 4.77. The highest BCUT2D eigenvalue weighted by Gasteiger charge is 2.07. The van der Waals surface area contributed by atoms with Gasteiger partial charge in [0.1, 0.15) is 5.82 Å². The first kappa shape index (κ1) is 15.8. The number of hydrogen-bond donors (Lipinski definition) is 1. The zero-order valence-electron chi connectivity index (χ0n) is 13.5. The molecule has 3 heteroatoms. The molecule has 0 bridgehead atoms. The highest BCUT2D eigenvalue weighted by Crippen LogP contribution is 2.17. The summed E-state index contributed by atoms with van der Waals surface area (Å²) in [5.41, 5.74) is 2.36. The van der Waals surface area contributed by atoms with Gasteiger partial charge in [-0.3, -0.25) is 0 Å². The van der Waals surface area contributed by atoms with Crippen LogP contribution in [0.2, 0.25) is 0 Å². The van der Waals surface area contributed by atoms with Crippen molar-refractivity contribution in [3.63, 3.8) is 0 Å². The Hall–Kier alpha value is -1.61. The second kappa shape index (κ2) is 7.99. The number of fused-ring (bicyclic) bond motifs is 1. The van der Waals surface area contributed by atoms with Crippen molar-refractivity contribution in [1.82, 2.24) is 14.9 Å². The molecule has 0 unspecified atom stereocenters. The summed E-state index contributed by atoms with van der Waals surface area (Å²) in [4.78, 5) is 4.77. The van der Waals surface area contributed by atoms with Crippen LogP contribution < -0.4 is 5.32 Å². The summed E-state index contributed by atoms with van der Waals surface area (Å²) in [7, 11) is 0. The van der Waals surface area contributed by atoms with Gasteiger partial charge in [0.05, 0.1) is 11.0 Å². The lowest BCUT2D eigenvalue weighted by Gasteiger charge is -2.06. The molecule has 2 rings (SSSR count). The number of allylic oxidation sites excluding steroid dienone is 1. The SMILES string of the molecule is CCCn1c(CC=CCCNC(C)C)nc2ccccc21. The van der Waals surface area contributed by atoms with E-state index in [4.69, 9.17) is 4.98 Å². The molecule has 0 saturated heterocycles. The Bertz CT molecular complexity index is 581. The molecule has 0 radical (unpaired) electrons. The Labute approximate surface area is 128 Å². The smallest absolute Gasteiger partial charge is 0.113 e. The molecule has 2 aromatic rings. The van der Waals surface area contributed by atoms with Gasteiger partial charge in [-0.1, -0.05) is 45.1 Å². The molecule has 0 saturated carbocycles. The van der Waals surface area contributed by atoms with E-state index < -0.39 is 0 Å². The monoisotopic (exact) mass is 285 g/mol. The van der Waals surface area contributed by atoms with E-state index in [-0.39, 0.29) is 0 Å². The predicted octanol–water partition coefficient (Wildman–Crippen LogP) is 3.93. The Morgan fingerprint density at radius 2 is 2.05 bits per heavy atom. The van der Waals surface area contributed by atoms with Crippen molar-refractivity contribution >= 4 is 11.0 Å². The average Bonchev–Trinajstić information content (AvgIpc) is 2.81. The lowest BCUT2D eigenvalue weighted by atomic mass is 10.3. The summed E-state index contributed by atoms with van der Waals surface area (Å²) in [5, 5.41) is 3.43. The molecule has 114 valence electrons. The normalized spacial score (nSPS) is 12.0. The number of rotatable bonds is 8. The van der Waals surface area contributed by atoms with Crippen LogP contribution in [0.5, 0.6) is 0 Å². The van der Waals surface area contributed by atoms with Crippen LogP contribution >= 0.6 is 0 Å². The van der Waals surface area contributed by atoms with Gasteiger partial charge in [0.2, 0.25) is 0 Å². The fourth-order valence-electron chi connectivity index (χ4n) is 2.52. The van der Waals surface area contributed by atoms with Gasteiger partial charge in [0.25, 0.3) is 0 Å². The molecule has 21 heavy (non-hydrogen) atoms. The number of nitrogens with zero attached hydrogens (tertiary/aromatic N) is 2. The average molecular weight is 285 g/mol. The third-order valence-corrected chi connectivity index (χ3v) is 3.51. The van der Waals surface area contributed by atoms with Crippen molar-refractivity contribution in [2.45, 2.75) is 52.6 Å². The van der Waals surface area contributed by atoms with Crippen LogP contribution in [0.1, 0.15) is 39.4 Å². The van der Waals surface area contributed by atoms with Gasteiger partial charge in [0.15, 0.2) is 0 Å². The van der Waals surface area contributed by atoms with E-state index in [0.29, 0.717) is 6.04 Å². The minimum atomic E-state index is 0.562. The van der Waals surface area contributed by atoms with Gasteiger partial charge in [-0.25, -0.2) is 4.98 Å². The molecule has 0 aliphatic rings. The van der Waals surface area contributed by atoms with E-state index in [2.05, 4.69) is 67.1 Å². The second-order valence-corrected chi connectivity index (χ2v) is 5.74. The number of para-hydroxylation sites is 2. The van der Waals surface area contributed by atoms with Crippen molar-refractivity contribution < 1.29 is 0 Å². The van der Waals surface area contributed by atoms with Gasteiger partial charge < -0.3 is 9.88 Å². The van der Waals surface area contributed by atoms with Crippen molar-refractivity contribution in [3.8, 4) is 0 Å². The quantitative estimate of drug-likeness (QED) is 0.588. The summed E-state index contributed by atoms with van der Waals surface area (Å²) in [6.07, 6.45) is 7.62. The zero-order chi connectivity index (χ0) is 15.1. The fraction of sp³-hybridized carbons (Fsp3) is 0.500. The molecular weight excluding hydrogens is 258 g/mol. The summed E-state index contributed by atoms with van der Waals surface area (Å²) in [6, 6.07) is 8.97. The molecule has 1 N–H and O–H groups in total. The van der Waals surface area contributed by atoms with Crippen molar-refractivity contribution in [1.29, 1.82) is 0 Å². The van der Waals surface area contributed by atoms with Gasteiger partial charge >= 0.3 is 0 Å². The number of nitrogens with one attached hydrogen (secondary N) is 1. The summed E-state index contributed by atoms with van der Waals surface area (Å²) in [6.45, 7) is 8.65. The molecule has 0 fully saturated rings. The first-order valence-electron chi connectivity index (χ1n) is 8.05. The maximum absolute atomic E-state index is 4.77. The van der Waals surface area contributed by atoms with E-state index in [9.17, 15) is 0 Å². The van der Waals surface area contributed by atoms with Gasteiger partial charge in [0, 0.05) is 19.0 Å². The Balaban J connectivity index is 2.00. The first-order valence-corrected chi connectivity index (χ1v) is 8.05. The molecule has 0 spiro atoms. The van der Waals surface area contributed by atoms with E-state index in [1.54, 1.807) is 0 Å². The Morgan fingerprint density at radius 1 is 1.24 bits per heavy atom. The van der Waals surface area contributed by atoms with E-state index in [1.807, 2.05) is 0 Å². The second-order valence-electron chi connectivity index (χ2n) is 5.74. The van der Waals surface area contributed by atoms with Gasteiger partial charge in [-0.15, -0.1) is 0 Å². The molecule has 3 nitrogen and oxygen atoms in total. The first-order chi connectivity index (χ1) is 10.2. The number of hydrogen-bond acceptors (Lipinski definition) is 2. The van der Waals surface area contributed by atoms with Gasteiger partial charge in [-0.05, 0) is 31.5 Å². The minimum absolute atomic E-state index is 0.562. The number of aryl methyl sites for hydroxylation is 1. The van der Waals surface area contributed by atoms with Crippen LogP contribution in [0.3, 0.4) is 0 Å². The fourth-order valence-corrected chi connectivity index (χ4v) is 2.52. The summed E-state index contributed by atoms with van der Waals surface area (Å²) in [5.74, 6) is 1.17. The van der Waals surface area contributed by atoms with Crippen LogP contribution in [0, 0.1) is 0 Å². The molecule has 1 aromatic carbocycles. The van der Waals surface area contributed by atoms with Crippen molar-refractivity contribution in [2.75, 3.05) is 6.54 Å². The molecule has 1 aromatic heterocycles. The molecule has 1 heterocycles. The summed E-state index contributed by atoms with van der Waals surface area (Å²) >= 11 is 0. The zero-order valence-corrected chi connectivity index (χ0v) is 13.5. The molecule has 0 atom stereocenters. The van der Waals surface area contributed by atoms with Crippen LogP contribution in [-0.2, 0) is 13.0 Å². The number of imidazole rings is 1. The van der Waals surface area contributed by atoms with Crippen LogP contribution in [0.4, 0.5) is 0 Å². The Kier molecular flexibility index (Phi) is 6.00. The van der Waals surface area contributed by atoms with E-state index >= 15 is 0 Å². The third kappa shape index (κ3) is 4.43. The van der Waals surface area contributed by atoms with Gasteiger partial charge in [-0.2, -0.15) is 0 Å². The maximum Gasteiger partial charge on any atom is 0.113 e. The minimum Gasteiger partial charge on any atom is -0.328 e. The van der Waals surface area contributed by atoms with E-state index in [0.717, 1.165) is 37.9 Å². The Morgan fingerprint density at radius 3 is 2.81 bits per heavy atom. The molecule has 0 aliphatic carbocycles. The molecule has 0 amide bonds. The number of aromatic nitrogens is 2. The summed E-state index contributed by atoms with van der Waals surface area (Å²) < 4.78 is 2.35. The lowest BCUT2D eigenvalue weighted by Crippen LogP contribution is -2.23. The van der Waals surface area contributed by atoms with Crippen molar-refractivity contribution in [2.24, 2.45) is 0 Å². The van der Waals surface area contributed by atoms with Crippen molar-refractivity contribution in [3.05, 3.63) is 42.2 Å². The highest BCUT2D eigenvalue weighted by molar-refractivity contribution is 5.75. The third-order valence-electron chi connectivity index (χ3n) is 3.51. The van der Waals surface area contributed by atoms with Crippen LogP contribution in [0.15, 0.2) is 36.4 Å². The molecular formula is C18H27N3. The number of benzene rings is 1. The lowest BCUT2D eigenvalue weighted by molar-refractivity contribution is 0.594. The predicted molar refractivity (Wildman–Crippen MR) is 90.6 cm³/mol. The largest absolute Gasteiger partial charge is 0.328 e. The standard InChI is InChI=1S/C18H27N3/c1-4-14-21-17-11-8-7-10-16(17)20-18(21)12-6-5-9-13-19-15(2)3/h5-8,10-11,15,19H,4,9,12-14H2,1-3H3. The topological polar surface area (TPSA) is 29.9 Å². The molecule has 0 aliphatic heterocycles. The van der Waals surface area contributed by atoms with Crippen LogP contribution in [0.25, 0.3) is 11.0 Å². The van der Waals surface area contributed by atoms with Crippen LogP contribution in [-0.4, -0.2) is 22.1 Å².